The van der Waals surface area contributed by atoms with E-state index >= 15 is 0 Å². The van der Waals surface area contributed by atoms with E-state index < -0.39 is 5.60 Å². The predicted molar refractivity (Wildman–Crippen MR) is 125 cm³/mol. The van der Waals surface area contributed by atoms with Crippen molar-refractivity contribution in [2.45, 2.75) is 89.2 Å². The fourth-order valence-electron chi connectivity index (χ4n) is 8.95. The van der Waals surface area contributed by atoms with E-state index in [1.807, 2.05) is 13.1 Å². The topological polar surface area (TPSA) is 80.0 Å². The van der Waals surface area contributed by atoms with Gasteiger partial charge in [-0.15, -0.1) is 0 Å². The lowest BCUT2D eigenvalue weighted by atomic mass is 9.43. The predicted octanol–water partition coefficient (Wildman–Crippen LogP) is 4.95. The summed E-state index contributed by atoms with van der Waals surface area (Å²) in [7, 11) is 3.32. The van der Waals surface area contributed by atoms with Gasteiger partial charge in [-0.05, 0) is 98.5 Å². The van der Waals surface area contributed by atoms with Crippen LogP contribution >= 0.6 is 0 Å². The maximum absolute atomic E-state index is 12.3. The van der Waals surface area contributed by atoms with Gasteiger partial charge in [0.05, 0.1) is 19.0 Å². The lowest BCUT2D eigenvalue weighted by Crippen LogP contribution is -2.62. The minimum Gasteiger partial charge on any atom is -0.453 e. The van der Waals surface area contributed by atoms with Gasteiger partial charge in [-0.3, -0.25) is 0 Å². The van der Waals surface area contributed by atoms with Crippen molar-refractivity contribution < 1.29 is 19.1 Å². The Morgan fingerprint density at radius 2 is 1.88 bits per heavy atom. The van der Waals surface area contributed by atoms with Gasteiger partial charge in [0.25, 0.3) is 0 Å². The van der Waals surface area contributed by atoms with E-state index in [2.05, 4.69) is 13.8 Å². The zero-order valence-corrected chi connectivity index (χ0v) is 20.5. The van der Waals surface area contributed by atoms with Crippen LogP contribution in [0.4, 0.5) is 4.79 Å². The summed E-state index contributed by atoms with van der Waals surface area (Å²) in [5, 5.41) is 12.3. The summed E-state index contributed by atoms with van der Waals surface area (Å²) in [6.07, 6.45) is 10.6. The highest BCUT2D eigenvalue weighted by Crippen LogP contribution is 2.70. The molecule has 8 atom stereocenters. The van der Waals surface area contributed by atoms with Gasteiger partial charge in [0.1, 0.15) is 0 Å². The minimum atomic E-state index is -0.676. The highest BCUT2D eigenvalue weighted by atomic mass is 16.5. The molecule has 6 heteroatoms. The Bertz CT molecular complexity index is 955. The van der Waals surface area contributed by atoms with Crippen molar-refractivity contribution >= 4 is 6.09 Å². The molecule has 0 spiro atoms. The Morgan fingerprint density at radius 1 is 1.09 bits per heavy atom. The standard InChI is InChI=1S/C27H39NO5/c1-25-12-9-19(28(3)24(30)32-4)15-18(25)6-7-22-21(25)10-13-26(2)20(11-14-27(22,26)31)17-5-8-23(29)33-16-17/h5,8,16,18-22,31H,6-7,9-15H2,1-4H3/t18-,19?,20-,21?,22-,25+,26-,27+/m1/s1. The van der Waals surface area contributed by atoms with Gasteiger partial charge in [0.2, 0.25) is 0 Å². The first-order valence-corrected chi connectivity index (χ1v) is 12.8. The fraction of sp³-hybridized carbons (Fsp3) is 0.778. The number of fused-ring (bicyclic) bond motifs is 5. The molecule has 4 fully saturated rings. The van der Waals surface area contributed by atoms with Crippen LogP contribution in [0.15, 0.2) is 27.6 Å². The number of hydrogen-bond donors (Lipinski definition) is 1. The van der Waals surface area contributed by atoms with Gasteiger partial charge >= 0.3 is 11.7 Å². The van der Waals surface area contributed by atoms with E-state index in [1.54, 1.807) is 11.2 Å². The fourth-order valence-corrected chi connectivity index (χ4v) is 8.95. The van der Waals surface area contributed by atoms with Crippen LogP contribution in [-0.2, 0) is 4.74 Å². The van der Waals surface area contributed by atoms with E-state index in [0.29, 0.717) is 17.8 Å². The molecule has 1 aromatic rings. The molecule has 5 rings (SSSR count). The molecule has 4 aliphatic carbocycles. The Hall–Kier alpha value is -1.82. The molecular formula is C27H39NO5. The average Bonchev–Trinajstić information content (AvgIpc) is 3.09. The highest BCUT2D eigenvalue weighted by molar-refractivity contribution is 5.67. The number of carbonyl (C=O) groups excluding carboxylic acids is 1. The van der Waals surface area contributed by atoms with Gasteiger partial charge in [-0.25, -0.2) is 9.59 Å². The van der Waals surface area contributed by atoms with E-state index in [-0.39, 0.29) is 34.5 Å². The largest absolute Gasteiger partial charge is 0.453 e. The quantitative estimate of drug-likeness (QED) is 0.680. The lowest BCUT2D eigenvalue weighted by Gasteiger charge is -2.64. The first-order valence-electron chi connectivity index (χ1n) is 12.8. The minimum absolute atomic E-state index is 0.195. The van der Waals surface area contributed by atoms with Crippen LogP contribution in [0.1, 0.15) is 83.1 Å². The number of amides is 1. The van der Waals surface area contributed by atoms with E-state index in [9.17, 15) is 14.7 Å². The van der Waals surface area contributed by atoms with Gasteiger partial charge < -0.3 is 19.2 Å². The van der Waals surface area contributed by atoms with Crippen LogP contribution < -0.4 is 5.63 Å². The molecule has 0 saturated heterocycles. The SMILES string of the molecule is COC(=O)N(C)C1CC[C@]2(C)C3CC[C@]4(C)[C@@H](c5ccc(=O)oc5)CC[C@]4(O)[C@@H]3CC[C@@H]2C1. The molecule has 4 aliphatic rings. The van der Waals surface area contributed by atoms with Crippen LogP contribution in [0.25, 0.3) is 0 Å². The Morgan fingerprint density at radius 3 is 2.58 bits per heavy atom. The van der Waals surface area contributed by atoms with Gasteiger partial charge in [0, 0.05) is 24.6 Å². The summed E-state index contributed by atoms with van der Waals surface area (Å²) in [6.45, 7) is 4.75. The van der Waals surface area contributed by atoms with Gasteiger partial charge in [0.15, 0.2) is 0 Å². The van der Waals surface area contributed by atoms with Crippen molar-refractivity contribution in [3.05, 3.63) is 34.4 Å². The molecule has 6 nitrogen and oxygen atoms in total. The third kappa shape index (κ3) is 3.23. The number of methoxy groups -OCH3 is 1. The highest BCUT2D eigenvalue weighted by Gasteiger charge is 2.67. The van der Waals surface area contributed by atoms with Crippen molar-refractivity contribution in [3.63, 3.8) is 0 Å². The Labute approximate surface area is 196 Å². The molecule has 1 aromatic heterocycles. The van der Waals surface area contributed by atoms with Crippen LogP contribution in [0, 0.1) is 28.6 Å². The van der Waals surface area contributed by atoms with Gasteiger partial charge in [-0.2, -0.15) is 0 Å². The second kappa shape index (κ2) is 7.86. The molecule has 0 bridgehead atoms. The molecular weight excluding hydrogens is 418 g/mol. The molecule has 1 heterocycles. The summed E-state index contributed by atoms with van der Waals surface area (Å²) in [4.78, 5) is 25.4. The number of carbonyl (C=O) groups is 1. The van der Waals surface area contributed by atoms with Crippen molar-refractivity contribution in [3.8, 4) is 0 Å². The maximum atomic E-state index is 12.3. The average molecular weight is 458 g/mol. The van der Waals surface area contributed by atoms with E-state index in [0.717, 1.165) is 63.4 Å². The van der Waals surface area contributed by atoms with Crippen LogP contribution in [0.3, 0.4) is 0 Å². The van der Waals surface area contributed by atoms with Crippen molar-refractivity contribution in [2.75, 3.05) is 14.2 Å². The van der Waals surface area contributed by atoms with E-state index in [1.165, 1.54) is 13.2 Å². The summed E-state index contributed by atoms with van der Waals surface area (Å²) >= 11 is 0. The zero-order valence-electron chi connectivity index (χ0n) is 20.5. The second-order valence-corrected chi connectivity index (χ2v) is 11.9. The zero-order chi connectivity index (χ0) is 23.6. The van der Waals surface area contributed by atoms with Crippen LogP contribution in [0.5, 0.6) is 0 Å². The smallest absolute Gasteiger partial charge is 0.409 e. The lowest BCUT2D eigenvalue weighted by molar-refractivity contribution is -0.203. The third-order valence-electron chi connectivity index (χ3n) is 11.0. The molecule has 0 aromatic carbocycles. The summed E-state index contributed by atoms with van der Waals surface area (Å²) in [6, 6.07) is 3.65. The van der Waals surface area contributed by atoms with E-state index in [4.69, 9.17) is 9.15 Å². The third-order valence-corrected chi connectivity index (χ3v) is 11.0. The van der Waals surface area contributed by atoms with Gasteiger partial charge in [-0.1, -0.05) is 13.8 Å². The molecule has 182 valence electrons. The number of ether oxygens (including phenoxy) is 1. The summed E-state index contributed by atoms with van der Waals surface area (Å²) in [5.74, 6) is 1.64. The van der Waals surface area contributed by atoms with Crippen molar-refractivity contribution in [1.82, 2.24) is 4.90 Å². The van der Waals surface area contributed by atoms with Crippen LogP contribution in [-0.4, -0.2) is 41.9 Å². The maximum Gasteiger partial charge on any atom is 0.409 e. The molecule has 1 N–H and O–H groups in total. The van der Waals surface area contributed by atoms with Crippen LogP contribution in [0.2, 0.25) is 0 Å². The van der Waals surface area contributed by atoms with Crippen molar-refractivity contribution in [1.29, 1.82) is 0 Å². The first kappa shape index (κ1) is 22.9. The number of nitrogens with zero attached hydrogens (tertiary/aromatic N) is 1. The molecule has 33 heavy (non-hydrogen) atoms. The monoisotopic (exact) mass is 457 g/mol. The Kier molecular flexibility index (Phi) is 5.47. The number of rotatable bonds is 2. The summed E-state index contributed by atoms with van der Waals surface area (Å²) in [5.41, 5.74) is 0.0768. The number of aliphatic hydroxyl groups is 1. The molecule has 4 saturated carbocycles. The Balaban J connectivity index is 1.39. The number of hydrogen-bond acceptors (Lipinski definition) is 5. The second-order valence-electron chi connectivity index (χ2n) is 11.9. The molecule has 2 unspecified atom stereocenters. The molecule has 0 radical (unpaired) electrons. The molecule has 0 aliphatic heterocycles. The van der Waals surface area contributed by atoms with Crippen molar-refractivity contribution in [2.24, 2.45) is 28.6 Å². The normalized spacial score (nSPS) is 44.3. The first-order chi connectivity index (χ1) is 15.6. The summed E-state index contributed by atoms with van der Waals surface area (Å²) < 4.78 is 10.2. The molecule has 1 amide bonds.